The van der Waals surface area contributed by atoms with Crippen LogP contribution in [0, 0.1) is 5.41 Å². The minimum atomic E-state index is -4.52. The van der Waals surface area contributed by atoms with Crippen molar-refractivity contribution in [2.24, 2.45) is 5.41 Å². The summed E-state index contributed by atoms with van der Waals surface area (Å²) >= 11 is -2.16. The highest BCUT2D eigenvalue weighted by atomic mass is 32.2. The van der Waals surface area contributed by atoms with Gasteiger partial charge >= 0.3 is 18.2 Å². The molecule has 180 valence electrons. The van der Waals surface area contributed by atoms with Crippen LogP contribution in [-0.2, 0) is 35.9 Å². The van der Waals surface area contributed by atoms with E-state index in [-0.39, 0.29) is 13.2 Å². The third kappa shape index (κ3) is 6.68. The molecule has 1 aliphatic heterocycles. The lowest BCUT2D eigenvalue weighted by Gasteiger charge is -2.31. The number of benzene rings is 1. The molecule has 1 aromatic rings. The summed E-state index contributed by atoms with van der Waals surface area (Å²) < 4.78 is 68.1. The Hall–Kier alpha value is -2.14. The first-order chi connectivity index (χ1) is 14.5. The Morgan fingerprint density at radius 2 is 1.69 bits per heavy atom. The number of hydrogen-bond acceptors (Lipinski definition) is 6. The zero-order valence-electron chi connectivity index (χ0n) is 18.8. The predicted molar refractivity (Wildman–Crippen MR) is 111 cm³/mol. The Labute approximate surface area is 188 Å². The fourth-order valence-electron chi connectivity index (χ4n) is 2.88. The van der Waals surface area contributed by atoms with E-state index in [1.54, 1.807) is 41.5 Å². The number of esters is 1. The Balaban J connectivity index is 2.39. The average Bonchev–Trinajstić information content (AvgIpc) is 3.00. The number of ether oxygens (including phenoxy) is 2. The molecule has 32 heavy (non-hydrogen) atoms. The van der Waals surface area contributed by atoms with Gasteiger partial charge in [0, 0.05) is 5.92 Å². The zero-order valence-corrected chi connectivity index (χ0v) is 19.6. The topological polar surface area (TPSA) is 82.1 Å². The Morgan fingerprint density at radius 3 is 2.16 bits per heavy atom. The summed E-state index contributed by atoms with van der Waals surface area (Å²) in [4.78, 5) is 25.0. The van der Waals surface area contributed by atoms with E-state index >= 15 is 0 Å². The van der Waals surface area contributed by atoms with Crippen molar-refractivity contribution in [2.45, 2.75) is 65.3 Å². The molecule has 1 aromatic carbocycles. The quantitative estimate of drug-likeness (QED) is 0.588. The number of amides is 1. The largest absolute Gasteiger partial charge is 0.465 e. The van der Waals surface area contributed by atoms with Crippen molar-refractivity contribution in [3.8, 4) is 0 Å². The van der Waals surface area contributed by atoms with Gasteiger partial charge in [-0.05, 0) is 59.2 Å². The van der Waals surface area contributed by atoms with Crippen LogP contribution >= 0.6 is 0 Å². The molecular formula is C21H28F3NO6S. The molecule has 11 heteroatoms. The molecule has 0 aliphatic carbocycles. The first-order valence-electron chi connectivity index (χ1n) is 9.92. The maximum Gasteiger partial charge on any atom is 0.424 e. The number of alkyl halides is 3. The molecule has 1 saturated heterocycles. The summed E-state index contributed by atoms with van der Waals surface area (Å²) in [5.41, 5.74) is -2.18. The van der Waals surface area contributed by atoms with Crippen LogP contribution in [0.25, 0.3) is 0 Å². The first kappa shape index (κ1) is 26.1. The normalized spacial score (nSPS) is 20.7. The fraction of sp³-hybridized carbons (Fsp3) is 0.619. The molecule has 1 amide bonds. The smallest absolute Gasteiger partial charge is 0.424 e. The van der Waals surface area contributed by atoms with E-state index in [1.807, 2.05) is 0 Å². The van der Waals surface area contributed by atoms with Gasteiger partial charge in [0.15, 0.2) is 0 Å². The third-order valence-corrected chi connectivity index (χ3v) is 5.59. The van der Waals surface area contributed by atoms with Gasteiger partial charge in [-0.1, -0.05) is 12.1 Å². The number of halogens is 3. The van der Waals surface area contributed by atoms with Gasteiger partial charge in [0.2, 0.25) is 0 Å². The van der Waals surface area contributed by atoms with Crippen molar-refractivity contribution in [2.75, 3.05) is 13.2 Å². The van der Waals surface area contributed by atoms with Crippen molar-refractivity contribution < 1.29 is 40.6 Å². The van der Waals surface area contributed by atoms with Crippen molar-refractivity contribution in [1.82, 2.24) is 4.31 Å². The number of hydrogen-bond donors (Lipinski definition) is 0. The molecule has 1 heterocycles. The summed E-state index contributed by atoms with van der Waals surface area (Å²) in [6, 6.07) is 3.40. The van der Waals surface area contributed by atoms with Gasteiger partial charge < -0.3 is 9.47 Å². The van der Waals surface area contributed by atoms with Crippen molar-refractivity contribution in [3.05, 3.63) is 35.4 Å². The summed E-state index contributed by atoms with van der Waals surface area (Å²) in [6.45, 7) is 9.45. The Morgan fingerprint density at radius 1 is 1.12 bits per heavy atom. The summed E-state index contributed by atoms with van der Waals surface area (Å²) in [5.74, 6) is -1.33. The van der Waals surface area contributed by atoms with E-state index in [1.165, 1.54) is 12.1 Å². The molecule has 1 fully saturated rings. The van der Waals surface area contributed by atoms with Crippen molar-refractivity contribution in [3.63, 3.8) is 0 Å². The van der Waals surface area contributed by atoms with E-state index in [2.05, 4.69) is 0 Å². The molecule has 7 nitrogen and oxygen atoms in total. The second-order valence-corrected chi connectivity index (χ2v) is 10.5. The van der Waals surface area contributed by atoms with Gasteiger partial charge in [-0.15, -0.1) is 0 Å². The standard InChI is InChI=1S/C21H28F3NO6S/c1-19(2,3)17(26)29-11-15(13-7-9-14(10-8-13)21(22,23)24)16-12-30-32(28)25(16)18(27)31-20(4,5)6/h7-10,15-16H,11-12H2,1-6H3/t15-,16+,32?/m0/s1. The molecule has 0 N–H and O–H groups in total. The fourth-order valence-corrected chi connectivity index (χ4v) is 3.83. The lowest BCUT2D eigenvalue weighted by Crippen LogP contribution is -2.45. The van der Waals surface area contributed by atoms with Crippen LogP contribution < -0.4 is 0 Å². The third-order valence-electron chi connectivity index (χ3n) is 4.51. The maximum absolute atomic E-state index is 13.0. The van der Waals surface area contributed by atoms with Crippen LogP contribution in [0.15, 0.2) is 24.3 Å². The van der Waals surface area contributed by atoms with Crippen molar-refractivity contribution in [1.29, 1.82) is 0 Å². The highest BCUT2D eigenvalue weighted by molar-refractivity contribution is 7.78. The van der Waals surface area contributed by atoms with Crippen LogP contribution in [-0.4, -0.2) is 45.4 Å². The van der Waals surface area contributed by atoms with E-state index in [9.17, 15) is 27.0 Å². The van der Waals surface area contributed by atoms with Gasteiger partial charge in [0.05, 0.1) is 23.6 Å². The monoisotopic (exact) mass is 479 g/mol. The molecule has 1 unspecified atom stereocenters. The van der Waals surface area contributed by atoms with Gasteiger partial charge in [-0.25, -0.2) is 9.00 Å². The highest BCUT2D eigenvalue weighted by Gasteiger charge is 2.45. The van der Waals surface area contributed by atoms with Gasteiger partial charge in [0.25, 0.3) is 11.3 Å². The van der Waals surface area contributed by atoms with E-state index in [4.69, 9.17) is 13.7 Å². The summed E-state index contributed by atoms with van der Waals surface area (Å²) in [5, 5.41) is 0. The lowest BCUT2D eigenvalue weighted by molar-refractivity contribution is -0.153. The SMILES string of the molecule is CC(C)(C)OC(=O)N1[C@@H]([C@@H](COC(=O)C(C)(C)C)c2ccc(C(F)(F)F)cc2)COS1=O. The summed E-state index contributed by atoms with van der Waals surface area (Å²) in [6.07, 6.45) is -5.43. The van der Waals surface area contributed by atoms with Gasteiger partial charge in [0.1, 0.15) is 12.2 Å². The van der Waals surface area contributed by atoms with Gasteiger partial charge in [-0.2, -0.15) is 17.5 Å². The van der Waals surface area contributed by atoms with Crippen LogP contribution in [0.3, 0.4) is 0 Å². The average molecular weight is 480 g/mol. The van der Waals surface area contributed by atoms with Crippen LogP contribution in [0.1, 0.15) is 58.6 Å². The molecule has 1 aliphatic rings. The van der Waals surface area contributed by atoms with E-state index < -0.39 is 58.0 Å². The number of rotatable bonds is 4. The van der Waals surface area contributed by atoms with Crippen LogP contribution in [0.2, 0.25) is 0 Å². The second kappa shape index (κ2) is 9.38. The van der Waals surface area contributed by atoms with E-state index in [0.29, 0.717) is 5.56 Å². The summed E-state index contributed by atoms with van der Waals surface area (Å²) in [7, 11) is 0. The number of carbonyl (C=O) groups excluding carboxylic acids is 2. The zero-order chi connectivity index (χ0) is 24.5. The van der Waals surface area contributed by atoms with Crippen LogP contribution in [0.5, 0.6) is 0 Å². The minimum absolute atomic E-state index is 0.176. The molecule has 0 spiro atoms. The minimum Gasteiger partial charge on any atom is -0.465 e. The molecular weight excluding hydrogens is 451 g/mol. The molecule has 2 rings (SSSR count). The van der Waals surface area contributed by atoms with Crippen LogP contribution in [0.4, 0.5) is 18.0 Å². The maximum atomic E-state index is 13.0. The second-order valence-electron chi connectivity index (χ2n) is 9.45. The number of carbonyl (C=O) groups is 2. The molecule has 3 atom stereocenters. The van der Waals surface area contributed by atoms with Crippen molar-refractivity contribution >= 4 is 23.3 Å². The van der Waals surface area contributed by atoms with Gasteiger partial charge in [-0.3, -0.25) is 8.98 Å². The molecule has 0 bridgehead atoms. The highest BCUT2D eigenvalue weighted by Crippen LogP contribution is 2.34. The molecule has 0 aromatic heterocycles. The molecule has 0 radical (unpaired) electrons. The predicted octanol–water partition coefficient (Wildman–Crippen LogP) is 4.59. The Bertz CT molecular complexity index is 858. The Kier molecular flexibility index (Phi) is 7.66. The van der Waals surface area contributed by atoms with E-state index in [0.717, 1.165) is 16.4 Å². The molecule has 0 saturated carbocycles. The lowest BCUT2D eigenvalue weighted by atomic mass is 9.91. The number of nitrogens with zero attached hydrogens (tertiary/aromatic N) is 1. The first-order valence-corrected chi connectivity index (χ1v) is 11.0.